The van der Waals surface area contributed by atoms with Crippen LogP contribution in [0.1, 0.15) is 35.7 Å². The average molecular weight is 419 g/mol. The number of carbonyl (C=O) groups excluding carboxylic acids is 2. The van der Waals surface area contributed by atoms with Crippen LogP contribution >= 0.6 is 23.2 Å². The number of fused-ring (bicyclic) bond motifs is 1. The van der Waals surface area contributed by atoms with Crippen molar-refractivity contribution in [2.24, 2.45) is 5.92 Å². The Hall–Kier alpha value is -2.24. The van der Waals surface area contributed by atoms with Gasteiger partial charge >= 0.3 is 0 Å². The van der Waals surface area contributed by atoms with Gasteiger partial charge in [-0.15, -0.1) is 0 Å². The van der Waals surface area contributed by atoms with Crippen LogP contribution < -0.4 is 10.1 Å². The number of carbonyl (C=O) groups is 2. The van der Waals surface area contributed by atoms with Crippen molar-refractivity contribution in [2.45, 2.75) is 32.4 Å². The second-order valence-corrected chi connectivity index (χ2v) is 8.14. The fourth-order valence-electron chi connectivity index (χ4n) is 3.28. The van der Waals surface area contributed by atoms with Gasteiger partial charge in [0.2, 0.25) is 0 Å². The number of rotatable bonds is 4. The van der Waals surface area contributed by atoms with Crippen LogP contribution in [0.15, 0.2) is 36.4 Å². The van der Waals surface area contributed by atoms with Crippen molar-refractivity contribution >= 4 is 40.7 Å². The molecule has 0 bridgehead atoms. The third kappa shape index (κ3) is 4.10. The minimum Gasteiger partial charge on any atom is -0.481 e. The molecule has 0 radical (unpaired) electrons. The zero-order chi connectivity index (χ0) is 19.8. The molecule has 1 fully saturated rings. The van der Waals surface area contributed by atoms with E-state index >= 15 is 0 Å². The molecule has 1 saturated carbocycles. The van der Waals surface area contributed by atoms with Gasteiger partial charge in [-0.25, -0.2) is 0 Å². The maximum atomic E-state index is 12.6. The molecule has 0 aromatic heterocycles. The van der Waals surface area contributed by atoms with E-state index in [1.807, 2.05) is 11.0 Å². The van der Waals surface area contributed by atoms with Gasteiger partial charge in [0, 0.05) is 29.9 Å². The Morgan fingerprint density at radius 1 is 1.18 bits per heavy atom. The average Bonchev–Trinajstić information content (AvgIpc) is 3.49. The third-order valence-electron chi connectivity index (χ3n) is 5.00. The van der Waals surface area contributed by atoms with Crippen LogP contribution in [0.5, 0.6) is 5.75 Å². The van der Waals surface area contributed by atoms with Gasteiger partial charge in [-0.05, 0) is 62.1 Å². The van der Waals surface area contributed by atoms with Crippen LogP contribution in [0.2, 0.25) is 10.0 Å². The molecule has 1 heterocycles. The number of halogens is 2. The van der Waals surface area contributed by atoms with Crippen molar-refractivity contribution in [3.05, 3.63) is 57.6 Å². The van der Waals surface area contributed by atoms with Gasteiger partial charge < -0.3 is 15.0 Å². The molecule has 1 N–H and O–H groups in total. The number of ether oxygens (including phenoxy) is 1. The summed E-state index contributed by atoms with van der Waals surface area (Å²) < 4.78 is 5.84. The van der Waals surface area contributed by atoms with Crippen molar-refractivity contribution in [3.63, 3.8) is 0 Å². The number of hydrogen-bond donors (Lipinski definition) is 1. The Bertz CT molecular complexity index is 943. The summed E-state index contributed by atoms with van der Waals surface area (Å²) in [5.74, 6) is 0.985. The molecule has 1 aliphatic heterocycles. The summed E-state index contributed by atoms with van der Waals surface area (Å²) in [6.45, 7) is 3.01. The van der Waals surface area contributed by atoms with Gasteiger partial charge in [-0.1, -0.05) is 23.2 Å². The van der Waals surface area contributed by atoms with Gasteiger partial charge in [0.05, 0.1) is 10.0 Å². The number of benzene rings is 2. The first kappa shape index (κ1) is 19.1. The van der Waals surface area contributed by atoms with Gasteiger partial charge in [0.25, 0.3) is 11.8 Å². The Morgan fingerprint density at radius 3 is 2.68 bits per heavy atom. The molecule has 0 saturated heterocycles. The molecule has 2 aromatic rings. The lowest BCUT2D eigenvalue weighted by Crippen LogP contribution is -2.39. The summed E-state index contributed by atoms with van der Waals surface area (Å²) in [4.78, 5) is 27.0. The summed E-state index contributed by atoms with van der Waals surface area (Å²) in [6.07, 6.45) is 1.83. The lowest BCUT2D eigenvalue weighted by Gasteiger charge is -2.22. The van der Waals surface area contributed by atoms with E-state index in [9.17, 15) is 9.59 Å². The number of anilines is 1. The van der Waals surface area contributed by atoms with E-state index in [1.54, 1.807) is 31.2 Å². The van der Waals surface area contributed by atoms with Crippen molar-refractivity contribution in [1.82, 2.24) is 4.90 Å². The summed E-state index contributed by atoms with van der Waals surface area (Å²) in [7, 11) is 0. The summed E-state index contributed by atoms with van der Waals surface area (Å²) >= 11 is 11.9. The summed E-state index contributed by atoms with van der Waals surface area (Å²) in [5, 5.41) is 3.59. The molecule has 0 spiro atoms. The third-order valence-corrected chi connectivity index (χ3v) is 5.74. The van der Waals surface area contributed by atoms with Gasteiger partial charge in [-0.3, -0.25) is 9.59 Å². The Labute approximate surface area is 173 Å². The highest BCUT2D eigenvalue weighted by Crippen LogP contribution is 2.34. The van der Waals surface area contributed by atoms with Gasteiger partial charge in [0.15, 0.2) is 6.10 Å². The van der Waals surface area contributed by atoms with E-state index in [2.05, 4.69) is 5.32 Å². The molecule has 5 nitrogen and oxygen atoms in total. The van der Waals surface area contributed by atoms with Crippen molar-refractivity contribution in [3.8, 4) is 5.75 Å². The molecule has 28 heavy (non-hydrogen) atoms. The zero-order valence-corrected chi connectivity index (χ0v) is 16.9. The van der Waals surface area contributed by atoms with E-state index in [0.29, 0.717) is 39.5 Å². The normalized spacial score (nSPS) is 18.9. The maximum absolute atomic E-state index is 12.6. The first-order chi connectivity index (χ1) is 13.4. The van der Waals surface area contributed by atoms with Crippen molar-refractivity contribution in [2.75, 3.05) is 11.9 Å². The van der Waals surface area contributed by atoms with E-state index in [-0.39, 0.29) is 11.8 Å². The second kappa shape index (κ2) is 7.64. The fourth-order valence-corrected chi connectivity index (χ4v) is 3.58. The highest BCUT2D eigenvalue weighted by Gasteiger charge is 2.32. The van der Waals surface area contributed by atoms with Crippen LogP contribution in [0.25, 0.3) is 0 Å². The van der Waals surface area contributed by atoms with Crippen molar-refractivity contribution < 1.29 is 14.3 Å². The van der Waals surface area contributed by atoms with Gasteiger partial charge in [0.1, 0.15) is 5.75 Å². The monoisotopic (exact) mass is 418 g/mol. The molecule has 1 unspecified atom stereocenters. The van der Waals surface area contributed by atoms with Crippen LogP contribution in [0.4, 0.5) is 5.69 Å². The zero-order valence-electron chi connectivity index (χ0n) is 15.4. The van der Waals surface area contributed by atoms with Crippen LogP contribution in [-0.2, 0) is 11.3 Å². The Morgan fingerprint density at radius 2 is 1.96 bits per heavy atom. The largest absolute Gasteiger partial charge is 0.481 e. The lowest BCUT2D eigenvalue weighted by molar-refractivity contribution is -0.137. The minimum atomic E-state index is -0.517. The molecule has 4 rings (SSSR count). The quantitative estimate of drug-likeness (QED) is 0.777. The maximum Gasteiger partial charge on any atom is 0.263 e. The molecular formula is C21H20Cl2N2O3. The van der Waals surface area contributed by atoms with E-state index in [0.717, 1.165) is 12.1 Å². The Balaban J connectivity index is 1.55. The SMILES string of the molecule is CC1Oc2ccc(NC(=O)c3ccc(Cl)c(Cl)c3)cc2CN(CC2CC2)C1=O. The predicted molar refractivity (Wildman–Crippen MR) is 109 cm³/mol. The van der Waals surface area contributed by atoms with Gasteiger partial charge in [-0.2, -0.15) is 0 Å². The van der Waals surface area contributed by atoms with Crippen LogP contribution in [0, 0.1) is 5.92 Å². The molecule has 2 aliphatic rings. The van der Waals surface area contributed by atoms with Crippen LogP contribution in [-0.4, -0.2) is 29.4 Å². The summed E-state index contributed by atoms with van der Waals surface area (Å²) in [6, 6.07) is 10.2. The second-order valence-electron chi connectivity index (χ2n) is 7.33. The summed E-state index contributed by atoms with van der Waals surface area (Å²) in [5.41, 5.74) is 1.93. The highest BCUT2D eigenvalue weighted by molar-refractivity contribution is 6.42. The number of nitrogens with one attached hydrogen (secondary N) is 1. The fraction of sp³-hybridized carbons (Fsp3) is 0.333. The van der Waals surface area contributed by atoms with Crippen molar-refractivity contribution in [1.29, 1.82) is 0 Å². The highest BCUT2D eigenvalue weighted by atomic mass is 35.5. The van der Waals surface area contributed by atoms with E-state index in [4.69, 9.17) is 27.9 Å². The lowest BCUT2D eigenvalue weighted by atomic mass is 10.1. The smallest absolute Gasteiger partial charge is 0.263 e. The standard InChI is InChI=1S/C21H20Cl2N2O3/c1-12-21(27)25(10-13-2-3-13)11-15-8-16(5-7-19(15)28-12)24-20(26)14-4-6-17(22)18(23)9-14/h4-9,12-13H,2-3,10-11H2,1H3,(H,24,26). The predicted octanol–water partition coefficient (Wildman–Crippen LogP) is 4.77. The molecule has 146 valence electrons. The molecule has 2 aromatic carbocycles. The Kier molecular flexibility index (Phi) is 5.21. The van der Waals surface area contributed by atoms with E-state index in [1.165, 1.54) is 18.9 Å². The first-order valence-electron chi connectivity index (χ1n) is 9.25. The first-order valence-corrected chi connectivity index (χ1v) is 10.0. The topological polar surface area (TPSA) is 58.6 Å². The number of hydrogen-bond acceptors (Lipinski definition) is 3. The molecule has 1 atom stereocenters. The molecule has 2 amide bonds. The number of nitrogens with zero attached hydrogens (tertiary/aromatic N) is 1. The number of amides is 2. The van der Waals surface area contributed by atoms with E-state index < -0.39 is 6.10 Å². The molecule has 7 heteroatoms. The molecular weight excluding hydrogens is 399 g/mol. The minimum absolute atomic E-state index is 0.00416. The van der Waals surface area contributed by atoms with Crippen LogP contribution in [0.3, 0.4) is 0 Å². The molecule has 1 aliphatic carbocycles.